The molecule has 22 heavy (non-hydrogen) atoms. The van der Waals surface area contributed by atoms with E-state index in [2.05, 4.69) is 15.4 Å². The highest BCUT2D eigenvalue weighted by atomic mass is 32.1. The minimum absolute atomic E-state index is 0.0414. The number of aryl methyl sites for hydroxylation is 3. The normalized spacial score (nSPS) is 11.0. The van der Waals surface area contributed by atoms with Crippen LogP contribution in [0.3, 0.4) is 0 Å². The van der Waals surface area contributed by atoms with Crippen LogP contribution in [0.15, 0.2) is 24.4 Å². The molecule has 0 aliphatic rings. The molecule has 0 bridgehead atoms. The molecular weight excluding hydrogens is 296 g/mol. The van der Waals surface area contributed by atoms with Gasteiger partial charge in [-0.25, -0.2) is 9.50 Å². The zero-order valence-corrected chi connectivity index (χ0v) is 13.7. The van der Waals surface area contributed by atoms with Gasteiger partial charge in [0, 0.05) is 18.5 Å². The van der Waals surface area contributed by atoms with E-state index in [9.17, 15) is 4.79 Å². The van der Waals surface area contributed by atoms with E-state index in [0.29, 0.717) is 18.5 Å². The number of nitrogens with one attached hydrogen (secondary N) is 1. The van der Waals surface area contributed by atoms with Gasteiger partial charge in [-0.3, -0.25) is 4.79 Å². The van der Waals surface area contributed by atoms with Crippen molar-refractivity contribution in [2.24, 2.45) is 0 Å². The Kier molecular flexibility index (Phi) is 3.94. The predicted octanol–water partition coefficient (Wildman–Crippen LogP) is 2.69. The summed E-state index contributed by atoms with van der Waals surface area (Å²) in [5.41, 5.74) is 3.99. The first-order valence-corrected chi connectivity index (χ1v) is 8.02. The minimum atomic E-state index is -0.0414. The van der Waals surface area contributed by atoms with Crippen molar-refractivity contribution in [1.29, 1.82) is 0 Å². The standard InChI is InChI=1S/C16H18N4OS/c1-10-4-5-13(8-11(10)2)15(21)17-7-6-14-19-20-9-12(3)18-16(20)22-14/h4-5,8-9H,6-7H2,1-3H3,(H,17,21). The molecule has 1 amide bonds. The fourth-order valence-corrected chi connectivity index (χ4v) is 3.14. The summed E-state index contributed by atoms with van der Waals surface area (Å²) in [6.45, 7) is 6.57. The smallest absolute Gasteiger partial charge is 0.251 e. The molecule has 114 valence electrons. The van der Waals surface area contributed by atoms with Gasteiger partial charge in [0.1, 0.15) is 5.01 Å². The van der Waals surface area contributed by atoms with Crippen molar-refractivity contribution in [3.63, 3.8) is 0 Å². The number of carbonyl (C=O) groups is 1. The van der Waals surface area contributed by atoms with Crippen molar-refractivity contribution in [3.05, 3.63) is 51.8 Å². The van der Waals surface area contributed by atoms with E-state index >= 15 is 0 Å². The van der Waals surface area contributed by atoms with Gasteiger partial charge in [0.25, 0.3) is 5.91 Å². The van der Waals surface area contributed by atoms with E-state index in [1.165, 1.54) is 5.56 Å². The molecule has 0 aliphatic carbocycles. The second kappa shape index (κ2) is 5.88. The Morgan fingerprint density at radius 2 is 2.09 bits per heavy atom. The molecule has 5 nitrogen and oxygen atoms in total. The third kappa shape index (κ3) is 3.01. The van der Waals surface area contributed by atoms with Gasteiger partial charge in [-0.05, 0) is 44.0 Å². The number of benzene rings is 1. The molecule has 0 atom stereocenters. The zero-order chi connectivity index (χ0) is 15.7. The molecule has 1 aromatic carbocycles. The topological polar surface area (TPSA) is 59.3 Å². The summed E-state index contributed by atoms with van der Waals surface area (Å²) in [6.07, 6.45) is 2.62. The Labute approximate surface area is 133 Å². The molecule has 0 saturated heterocycles. The molecule has 0 unspecified atom stereocenters. The van der Waals surface area contributed by atoms with Crippen LogP contribution in [-0.4, -0.2) is 27.0 Å². The number of imidazole rings is 1. The SMILES string of the molecule is Cc1cn2nc(CCNC(=O)c3ccc(C)c(C)c3)sc2n1. The Balaban J connectivity index is 1.58. The highest BCUT2D eigenvalue weighted by molar-refractivity contribution is 7.16. The average molecular weight is 314 g/mol. The van der Waals surface area contributed by atoms with Crippen molar-refractivity contribution < 1.29 is 4.79 Å². The van der Waals surface area contributed by atoms with Crippen LogP contribution in [-0.2, 0) is 6.42 Å². The second-order valence-electron chi connectivity index (χ2n) is 5.41. The molecule has 0 fully saturated rings. The number of nitrogens with zero attached hydrogens (tertiary/aromatic N) is 3. The first kappa shape index (κ1) is 14.7. The Morgan fingerprint density at radius 3 is 2.82 bits per heavy atom. The first-order chi connectivity index (χ1) is 10.5. The van der Waals surface area contributed by atoms with E-state index in [1.807, 2.05) is 45.2 Å². The lowest BCUT2D eigenvalue weighted by molar-refractivity contribution is 0.0954. The van der Waals surface area contributed by atoms with Crippen LogP contribution in [0.2, 0.25) is 0 Å². The molecule has 0 radical (unpaired) electrons. The van der Waals surface area contributed by atoms with Crippen molar-refractivity contribution in [2.75, 3.05) is 6.54 Å². The molecule has 6 heteroatoms. The molecule has 0 aliphatic heterocycles. The van der Waals surface area contributed by atoms with Crippen LogP contribution in [0.4, 0.5) is 0 Å². The van der Waals surface area contributed by atoms with Crippen molar-refractivity contribution in [3.8, 4) is 0 Å². The largest absolute Gasteiger partial charge is 0.352 e. The maximum absolute atomic E-state index is 12.1. The summed E-state index contributed by atoms with van der Waals surface area (Å²) in [6, 6.07) is 5.76. The summed E-state index contributed by atoms with van der Waals surface area (Å²) >= 11 is 1.56. The van der Waals surface area contributed by atoms with Crippen LogP contribution in [0.5, 0.6) is 0 Å². The van der Waals surface area contributed by atoms with Crippen molar-refractivity contribution in [2.45, 2.75) is 27.2 Å². The summed E-state index contributed by atoms with van der Waals surface area (Å²) in [5, 5.41) is 8.37. The lowest BCUT2D eigenvalue weighted by atomic mass is 10.1. The maximum Gasteiger partial charge on any atom is 0.251 e. The summed E-state index contributed by atoms with van der Waals surface area (Å²) in [7, 11) is 0. The van der Waals surface area contributed by atoms with Gasteiger partial charge in [0.15, 0.2) is 0 Å². The van der Waals surface area contributed by atoms with Crippen LogP contribution < -0.4 is 5.32 Å². The summed E-state index contributed by atoms with van der Waals surface area (Å²) in [5.74, 6) is -0.0414. The van der Waals surface area contributed by atoms with Gasteiger partial charge in [0.2, 0.25) is 4.96 Å². The fourth-order valence-electron chi connectivity index (χ4n) is 2.22. The highest BCUT2D eigenvalue weighted by Crippen LogP contribution is 2.14. The molecule has 3 rings (SSSR count). The Bertz CT molecular complexity index is 802. The van der Waals surface area contributed by atoms with Gasteiger partial charge in [0.05, 0.1) is 11.9 Å². The molecule has 0 spiro atoms. The molecule has 2 aromatic heterocycles. The molecule has 1 N–H and O–H groups in total. The minimum Gasteiger partial charge on any atom is -0.352 e. The monoisotopic (exact) mass is 314 g/mol. The van der Waals surface area contributed by atoms with E-state index in [1.54, 1.807) is 15.9 Å². The maximum atomic E-state index is 12.1. The number of amides is 1. The van der Waals surface area contributed by atoms with Gasteiger partial charge in [-0.1, -0.05) is 17.4 Å². The molecular formula is C16H18N4OS. The van der Waals surface area contributed by atoms with Gasteiger partial charge in [-0.2, -0.15) is 5.10 Å². The summed E-state index contributed by atoms with van der Waals surface area (Å²) in [4.78, 5) is 17.4. The van der Waals surface area contributed by atoms with Gasteiger partial charge in [-0.15, -0.1) is 0 Å². The Morgan fingerprint density at radius 1 is 1.27 bits per heavy atom. The van der Waals surface area contributed by atoms with Gasteiger partial charge >= 0.3 is 0 Å². The summed E-state index contributed by atoms with van der Waals surface area (Å²) < 4.78 is 1.79. The zero-order valence-electron chi connectivity index (χ0n) is 12.9. The average Bonchev–Trinajstić information content (AvgIpc) is 2.98. The number of rotatable bonds is 4. The molecule has 2 heterocycles. The number of fused-ring (bicyclic) bond motifs is 1. The lowest BCUT2D eigenvalue weighted by Crippen LogP contribution is -2.25. The number of hydrogen-bond donors (Lipinski definition) is 1. The van der Waals surface area contributed by atoms with Crippen molar-refractivity contribution >= 4 is 22.2 Å². The third-order valence-corrected chi connectivity index (χ3v) is 4.58. The number of aromatic nitrogens is 3. The second-order valence-corrected chi connectivity index (χ2v) is 6.45. The Hall–Kier alpha value is -2.21. The van der Waals surface area contributed by atoms with E-state index < -0.39 is 0 Å². The van der Waals surface area contributed by atoms with Crippen LogP contribution >= 0.6 is 11.3 Å². The van der Waals surface area contributed by atoms with Crippen molar-refractivity contribution in [1.82, 2.24) is 19.9 Å². The van der Waals surface area contributed by atoms with Crippen LogP contribution in [0, 0.1) is 20.8 Å². The molecule has 0 saturated carbocycles. The number of carbonyl (C=O) groups excluding carboxylic acids is 1. The number of hydrogen-bond acceptors (Lipinski definition) is 4. The molecule has 3 aromatic rings. The van der Waals surface area contributed by atoms with E-state index in [-0.39, 0.29) is 5.91 Å². The predicted molar refractivity (Wildman–Crippen MR) is 87.6 cm³/mol. The van der Waals surface area contributed by atoms with E-state index in [4.69, 9.17) is 0 Å². The quantitative estimate of drug-likeness (QED) is 0.805. The highest BCUT2D eigenvalue weighted by Gasteiger charge is 2.09. The van der Waals surface area contributed by atoms with Crippen LogP contribution in [0.1, 0.15) is 32.2 Å². The first-order valence-electron chi connectivity index (χ1n) is 7.20. The fraction of sp³-hybridized carbons (Fsp3) is 0.312. The van der Waals surface area contributed by atoms with Crippen LogP contribution in [0.25, 0.3) is 4.96 Å². The van der Waals surface area contributed by atoms with Gasteiger partial charge < -0.3 is 5.32 Å². The lowest BCUT2D eigenvalue weighted by Gasteiger charge is -2.06. The van der Waals surface area contributed by atoms with E-state index in [0.717, 1.165) is 21.2 Å². The third-order valence-electron chi connectivity index (χ3n) is 3.60.